The van der Waals surface area contributed by atoms with Crippen molar-refractivity contribution in [1.82, 2.24) is 4.98 Å². The molecule has 0 radical (unpaired) electrons. The van der Waals surface area contributed by atoms with Crippen LogP contribution >= 0.6 is 0 Å². The molecule has 0 saturated heterocycles. The Bertz CT molecular complexity index is 1150. The highest BCUT2D eigenvalue weighted by Gasteiger charge is 2.20. The molecule has 0 N–H and O–H groups in total. The van der Waals surface area contributed by atoms with Crippen LogP contribution in [0.25, 0.3) is 32.3 Å². The summed E-state index contributed by atoms with van der Waals surface area (Å²) in [5, 5.41) is 6.90. The molecule has 0 atom stereocenters. The number of fused-ring (bicyclic) bond motifs is 6. The van der Waals surface area contributed by atoms with Crippen LogP contribution in [-0.2, 0) is 4.74 Å². The molecule has 1 aromatic heterocycles. The first kappa shape index (κ1) is 15.6. The SMILES string of the molecule is CCOC(=O)c1nc(C)c2c3ccccc3c3ccccc3c2c1C. The Morgan fingerprint density at radius 1 is 0.880 bits per heavy atom. The number of nitrogens with zero attached hydrogens (tertiary/aromatic N) is 1. The third-order valence-electron chi connectivity index (χ3n) is 4.77. The van der Waals surface area contributed by atoms with Crippen molar-refractivity contribution < 1.29 is 9.53 Å². The van der Waals surface area contributed by atoms with Gasteiger partial charge in [-0.15, -0.1) is 0 Å². The summed E-state index contributed by atoms with van der Waals surface area (Å²) in [7, 11) is 0. The van der Waals surface area contributed by atoms with E-state index in [1.807, 2.05) is 32.9 Å². The lowest BCUT2D eigenvalue weighted by Crippen LogP contribution is -2.11. The summed E-state index contributed by atoms with van der Waals surface area (Å²) in [4.78, 5) is 17.0. The minimum atomic E-state index is -0.359. The summed E-state index contributed by atoms with van der Waals surface area (Å²) in [5.41, 5.74) is 2.14. The lowest BCUT2D eigenvalue weighted by Gasteiger charge is -2.16. The van der Waals surface area contributed by atoms with E-state index in [0.29, 0.717) is 12.3 Å². The zero-order chi connectivity index (χ0) is 17.6. The Balaban J connectivity index is 2.27. The Labute approximate surface area is 146 Å². The predicted octanol–water partition coefficient (Wildman–Crippen LogP) is 5.33. The normalized spacial score (nSPS) is 11.3. The lowest BCUT2D eigenvalue weighted by molar-refractivity contribution is 0.0518. The zero-order valence-electron chi connectivity index (χ0n) is 14.6. The Hall–Kier alpha value is -2.94. The first-order chi connectivity index (χ1) is 12.1. The molecule has 124 valence electrons. The van der Waals surface area contributed by atoms with E-state index in [4.69, 9.17) is 4.74 Å². The molecular formula is C22H19NO2. The largest absolute Gasteiger partial charge is 0.461 e. The highest BCUT2D eigenvalue weighted by Crippen LogP contribution is 2.38. The van der Waals surface area contributed by atoms with E-state index in [1.54, 1.807) is 0 Å². The second-order valence-corrected chi connectivity index (χ2v) is 6.23. The molecule has 25 heavy (non-hydrogen) atoms. The van der Waals surface area contributed by atoms with Crippen molar-refractivity contribution >= 4 is 38.3 Å². The maximum Gasteiger partial charge on any atom is 0.357 e. The number of aromatic nitrogens is 1. The molecule has 0 aliphatic rings. The fourth-order valence-corrected chi connectivity index (χ4v) is 3.73. The average molecular weight is 329 g/mol. The highest BCUT2D eigenvalue weighted by atomic mass is 16.5. The summed E-state index contributed by atoms with van der Waals surface area (Å²) in [5.74, 6) is -0.359. The van der Waals surface area contributed by atoms with E-state index >= 15 is 0 Å². The molecule has 0 fully saturated rings. The van der Waals surface area contributed by atoms with Gasteiger partial charge in [0.25, 0.3) is 0 Å². The number of aryl methyl sites for hydroxylation is 2. The molecule has 0 aliphatic heterocycles. The number of benzene rings is 3. The zero-order valence-corrected chi connectivity index (χ0v) is 14.6. The summed E-state index contributed by atoms with van der Waals surface area (Å²) >= 11 is 0. The summed E-state index contributed by atoms with van der Waals surface area (Å²) in [6.45, 7) is 6.08. The highest BCUT2D eigenvalue weighted by molar-refractivity contribution is 6.27. The van der Waals surface area contributed by atoms with E-state index in [1.165, 1.54) is 16.2 Å². The molecule has 4 rings (SSSR count). The number of hydrogen-bond donors (Lipinski definition) is 0. The van der Waals surface area contributed by atoms with Crippen LogP contribution in [0.2, 0.25) is 0 Å². The third kappa shape index (κ3) is 2.27. The minimum absolute atomic E-state index is 0.343. The number of carbonyl (C=O) groups is 1. The molecule has 1 heterocycles. The predicted molar refractivity (Wildman–Crippen MR) is 102 cm³/mol. The molecule has 0 amide bonds. The van der Waals surface area contributed by atoms with Crippen molar-refractivity contribution in [2.75, 3.05) is 6.61 Å². The monoisotopic (exact) mass is 329 g/mol. The van der Waals surface area contributed by atoms with E-state index in [2.05, 4.69) is 41.4 Å². The van der Waals surface area contributed by atoms with E-state index in [-0.39, 0.29) is 5.97 Å². The van der Waals surface area contributed by atoms with Gasteiger partial charge in [-0.3, -0.25) is 0 Å². The van der Waals surface area contributed by atoms with Gasteiger partial charge in [-0.25, -0.2) is 9.78 Å². The van der Waals surface area contributed by atoms with Crippen LogP contribution < -0.4 is 0 Å². The van der Waals surface area contributed by atoms with Gasteiger partial charge in [0.2, 0.25) is 0 Å². The molecule has 0 aliphatic carbocycles. The van der Waals surface area contributed by atoms with Crippen LogP contribution in [0.5, 0.6) is 0 Å². The van der Waals surface area contributed by atoms with Gasteiger partial charge in [0, 0.05) is 11.1 Å². The summed E-state index contributed by atoms with van der Waals surface area (Å²) < 4.78 is 5.21. The number of carbonyl (C=O) groups excluding carboxylic acids is 1. The van der Waals surface area contributed by atoms with Gasteiger partial charge in [-0.05, 0) is 53.3 Å². The number of rotatable bonds is 2. The fourth-order valence-electron chi connectivity index (χ4n) is 3.73. The third-order valence-corrected chi connectivity index (χ3v) is 4.77. The van der Waals surface area contributed by atoms with Gasteiger partial charge >= 0.3 is 5.97 Å². The first-order valence-corrected chi connectivity index (χ1v) is 8.51. The van der Waals surface area contributed by atoms with Gasteiger partial charge < -0.3 is 4.74 Å². The maximum absolute atomic E-state index is 12.4. The molecule has 4 aromatic rings. The van der Waals surface area contributed by atoms with E-state index in [9.17, 15) is 4.79 Å². The van der Waals surface area contributed by atoms with Crippen LogP contribution in [0.1, 0.15) is 28.7 Å². The summed E-state index contributed by atoms with van der Waals surface area (Å²) in [6, 6.07) is 16.7. The van der Waals surface area contributed by atoms with Crippen LogP contribution in [0, 0.1) is 13.8 Å². The van der Waals surface area contributed by atoms with Gasteiger partial charge in [-0.2, -0.15) is 0 Å². The van der Waals surface area contributed by atoms with Crippen molar-refractivity contribution in [3.8, 4) is 0 Å². The van der Waals surface area contributed by atoms with E-state index < -0.39 is 0 Å². The molecule has 0 bridgehead atoms. The topological polar surface area (TPSA) is 39.2 Å². The molecule has 0 spiro atoms. The van der Waals surface area contributed by atoms with Crippen molar-refractivity contribution in [1.29, 1.82) is 0 Å². The lowest BCUT2D eigenvalue weighted by atomic mass is 9.91. The van der Waals surface area contributed by atoms with Gasteiger partial charge in [-0.1, -0.05) is 48.5 Å². The van der Waals surface area contributed by atoms with Crippen LogP contribution in [0.3, 0.4) is 0 Å². The van der Waals surface area contributed by atoms with Gasteiger partial charge in [0.15, 0.2) is 5.69 Å². The van der Waals surface area contributed by atoms with Crippen LogP contribution in [0.15, 0.2) is 48.5 Å². The van der Waals surface area contributed by atoms with Crippen molar-refractivity contribution in [3.05, 3.63) is 65.5 Å². The van der Waals surface area contributed by atoms with Gasteiger partial charge in [0.1, 0.15) is 0 Å². The summed E-state index contributed by atoms with van der Waals surface area (Å²) in [6.07, 6.45) is 0. The Kier molecular flexibility index (Phi) is 3.65. The maximum atomic E-state index is 12.4. The van der Waals surface area contributed by atoms with Crippen molar-refractivity contribution in [3.63, 3.8) is 0 Å². The quantitative estimate of drug-likeness (QED) is 0.368. The molecule has 0 saturated carbocycles. The number of hydrogen-bond acceptors (Lipinski definition) is 3. The van der Waals surface area contributed by atoms with Gasteiger partial charge in [0.05, 0.1) is 6.61 Å². The van der Waals surface area contributed by atoms with Crippen LogP contribution in [-0.4, -0.2) is 17.6 Å². The smallest absolute Gasteiger partial charge is 0.357 e. The molecular weight excluding hydrogens is 310 g/mol. The average Bonchev–Trinajstić information content (AvgIpc) is 2.64. The van der Waals surface area contributed by atoms with Crippen molar-refractivity contribution in [2.45, 2.75) is 20.8 Å². The fraction of sp³-hybridized carbons (Fsp3) is 0.182. The molecule has 0 unspecified atom stereocenters. The molecule has 3 aromatic carbocycles. The molecule has 3 heteroatoms. The van der Waals surface area contributed by atoms with Crippen molar-refractivity contribution in [2.24, 2.45) is 0 Å². The number of esters is 1. The Morgan fingerprint density at radius 3 is 1.96 bits per heavy atom. The first-order valence-electron chi connectivity index (χ1n) is 8.51. The number of ether oxygens (including phenoxy) is 1. The molecule has 3 nitrogen and oxygen atoms in total. The van der Waals surface area contributed by atoms with E-state index in [0.717, 1.165) is 27.4 Å². The standard InChI is InChI=1S/C22H19NO2/c1-4-25-22(24)21-13(2)19-17-11-7-5-9-15(17)16-10-6-8-12-18(16)20(19)14(3)23-21/h5-12H,4H2,1-3H3. The minimum Gasteiger partial charge on any atom is -0.461 e. The second kappa shape index (κ2) is 5.85. The Morgan fingerprint density at radius 2 is 1.40 bits per heavy atom. The number of pyridine rings is 1. The second-order valence-electron chi connectivity index (χ2n) is 6.23. The van der Waals surface area contributed by atoms with Crippen LogP contribution in [0.4, 0.5) is 0 Å².